The van der Waals surface area contributed by atoms with E-state index in [1.165, 1.54) is 30.1 Å². The SMILES string of the molecule is CN1C(=O)NC(=O)/C1=C/c1ccc(N/C(=C2\C(=O)Nc3ccc([N+](=O)[O-])cc32)c2ccc(CCCN3CCCC3=O)cc2)cc1. The second kappa shape index (κ2) is 12.1. The first-order valence-corrected chi connectivity index (χ1v) is 14.6. The van der Waals surface area contributed by atoms with E-state index in [1.807, 2.05) is 29.2 Å². The number of rotatable bonds is 9. The second-order valence-electron chi connectivity index (χ2n) is 11.1. The zero-order chi connectivity index (χ0) is 31.7. The average molecular weight is 607 g/mol. The number of nitrogens with zero attached hydrogens (tertiary/aromatic N) is 3. The number of carbonyl (C=O) groups is 4. The molecule has 0 aromatic heterocycles. The van der Waals surface area contributed by atoms with Crippen LogP contribution in [0, 0.1) is 10.1 Å². The summed E-state index contributed by atoms with van der Waals surface area (Å²) in [5, 5.41) is 20.0. The van der Waals surface area contributed by atoms with E-state index in [9.17, 15) is 29.3 Å². The first kappa shape index (κ1) is 29.3. The van der Waals surface area contributed by atoms with Gasteiger partial charge in [-0.1, -0.05) is 36.4 Å². The Kier molecular flexibility index (Phi) is 7.86. The molecule has 0 atom stereocenters. The number of imide groups is 1. The zero-order valence-corrected chi connectivity index (χ0v) is 24.5. The lowest BCUT2D eigenvalue weighted by Crippen LogP contribution is -2.25. The second-order valence-corrected chi connectivity index (χ2v) is 11.1. The molecule has 6 rings (SSSR count). The maximum absolute atomic E-state index is 13.3. The van der Waals surface area contributed by atoms with Gasteiger partial charge in [-0.15, -0.1) is 0 Å². The highest BCUT2D eigenvalue weighted by Crippen LogP contribution is 2.39. The van der Waals surface area contributed by atoms with Gasteiger partial charge in [0.15, 0.2) is 0 Å². The monoisotopic (exact) mass is 606 g/mol. The molecule has 0 bridgehead atoms. The van der Waals surface area contributed by atoms with Gasteiger partial charge >= 0.3 is 6.03 Å². The van der Waals surface area contributed by atoms with Crippen molar-refractivity contribution in [2.24, 2.45) is 0 Å². The third-order valence-corrected chi connectivity index (χ3v) is 8.12. The Morgan fingerprint density at radius 2 is 1.73 bits per heavy atom. The van der Waals surface area contributed by atoms with Crippen molar-refractivity contribution in [1.82, 2.24) is 15.1 Å². The molecule has 12 nitrogen and oxygen atoms in total. The summed E-state index contributed by atoms with van der Waals surface area (Å²) < 4.78 is 0. The molecule has 0 spiro atoms. The number of nitrogens with one attached hydrogen (secondary N) is 3. The van der Waals surface area contributed by atoms with Gasteiger partial charge in [0.25, 0.3) is 17.5 Å². The summed E-state index contributed by atoms with van der Waals surface area (Å²) in [5.41, 5.74) is 4.80. The standard InChI is InChI=1S/C33H30N6O6/c1-37-27(31(41)36-33(37)43)18-21-8-12-23(13-9-21)34-30(29-25-19-24(39(44)45)14-15-26(25)35-32(29)42)22-10-6-20(7-11-22)4-2-16-38-17-3-5-28(38)40/h6-15,18-19,34H,2-5,16-17H2,1H3,(H,35,42)(H,36,41,43)/b27-18-,30-29-. The molecule has 12 heteroatoms. The number of urea groups is 1. The minimum atomic E-state index is -0.499. The van der Waals surface area contributed by atoms with Gasteiger partial charge in [-0.2, -0.15) is 0 Å². The molecular weight excluding hydrogens is 576 g/mol. The number of non-ortho nitro benzene ring substituents is 1. The van der Waals surface area contributed by atoms with Gasteiger partial charge < -0.3 is 15.5 Å². The molecular formula is C33H30N6O6. The molecule has 228 valence electrons. The van der Waals surface area contributed by atoms with Crippen molar-refractivity contribution in [2.45, 2.75) is 25.7 Å². The minimum Gasteiger partial charge on any atom is -0.354 e. The van der Waals surface area contributed by atoms with E-state index in [0.29, 0.717) is 40.2 Å². The topological polar surface area (TPSA) is 154 Å². The number of benzene rings is 3. The van der Waals surface area contributed by atoms with E-state index in [0.717, 1.165) is 37.9 Å². The van der Waals surface area contributed by atoms with Crippen LogP contribution in [0.2, 0.25) is 0 Å². The fraction of sp³-hybridized carbons (Fsp3) is 0.212. The number of aryl methyl sites for hydroxylation is 1. The molecule has 3 heterocycles. The van der Waals surface area contributed by atoms with Crippen LogP contribution in [0.5, 0.6) is 0 Å². The Labute approximate surface area is 258 Å². The van der Waals surface area contributed by atoms with Gasteiger partial charge in [-0.05, 0) is 60.2 Å². The number of anilines is 2. The third kappa shape index (κ3) is 6.03. The van der Waals surface area contributed by atoms with Gasteiger partial charge in [0.05, 0.1) is 16.2 Å². The molecule has 3 aliphatic heterocycles. The number of hydrogen-bond donors (Lipinski definition) is 3. The number of amides is 5. The number of hydrogen-bond acceptors (Lipinski definition) is 7. The predicted molar refractivity (Wildman–Crippen MR) is 168 cm³/mol. The number of nitro benzene ring substituents is 1. The quantitative estimate of drug-likeness (QED) is 0.139. The van der Waals surface area contributed by atoms with Crippen LogP contribution in [0.3, 0.4) is 0 Å². The first-order chi connectivity index (χ1) is 21.7. The molecule has 0 aliphatic carbocycles. The molecule has 3 aromatic rings. The third-order valence-electron chi connectivity index (χ3n) is 8.12. The van der Waals surface area contributed by atoms with Crippen molar-refractivity contribution in [2.75, 3.05) is 30.8 Å². The van der Waals surface area contributed by atoms with Crippen LogP contribution in [0.25, 0.3) is 17.3 Å². The van der Waals surface area contributed by atoms with E-state index in [-0.39, 0.29) is 22.9 Å². The smallest absolute Gasteiger partial charge is 0.328 e. The molecule has 2 fully saturated rings. The van der Waals surface area contributed by atoms with Crippen LogP contribution in [-0.4, -0.2) is 58.6 Å². The zero-order valence-electron chi connectivity index (χ0n) is 24.5. The molecule has 3 aliphatic rings. The van der Waals surface area contributed by atoms with Gasteiger partial charge in [-0.25, -0.2) is 4.79 Å². The lowest BCUT2D eigenvalue weighted by molar-refractivity contribution is -0.384. The number of likely N-dealkylation sites (tertiary alicyclic amines) is 1. The Bertz CT molecular complexity index is 1790. The summed E-state index contributed by atoms with van der Waals surface area (Å²) in [6.07, 6.45) is 4.75. The highest BCUT2D eigenvalue weighted by molar-refractivity contribution is 6.37. The largest absolute Gasteiger partial charge is 0.354 e. The van der Waals surface area contributed by atoms with Crippen molar-refractivity contribution in [3.05, 3.63) is 105 Å². The summed E-state index contributed by atoms with van der Waals surface area (Å²) in [4.78, 5) is 63.3. The normalized spacial score (nSPS) is 17.9. The first-order valence-electron chi connectivity index (χ1n) is 14.6. The van der Waals surface area contributed by atoms with E-state index < -0.39 is 22.8 Å². The Morgan fingerprint density at radius 1 is 0.978 bits per heavy atom. The van der Waals surface area contributed by atoms with Crippen LogP contribution in [0.1, 0.15) is 41.5 Å². The number of nitro groups is 1. The highest BCUT2D eigenvalue weighted by Gasteiger charge is 2.31. The van der Waals surface area contributed by atoms with Gasteiger partial charge in [0, 0.05) is 55.6 Å². The maximum Gasteiger partial charge on any atom is 0.328 e. The molecule has 3 aromatic carbocycles. The summed E-state index contributed by atoms with van der Waals surface area (Å²) >= 11 is 0. The van der Waals surface area contributed by atoms with Crippen LogP contribution < -0.4 is 16.0 Å². The fourth-order valence-corrected chi connectivity index (χ4v) is 5.68. The van der Waals surface area contributed by atoms with Gasteiger partial charge in [0.2, 0.25) is 5.91 Å². The Balaban J connectivity index is 1.31. The molecule has 0 unspecified atom stereocenters. The van der Waals surface area contributed by atoms with Crippen LogP contribution in [-0.2, 0) is 20.8 Å². The van der Waals surface area contributed by atoms with E-state index in [4.69, 9.17) is 0 Å². The van der Waals surface area contributed by atoms with E-state index in [2.05, 4.69) is 16.0 Å². The van der Waals surface area contributed by atoms with Gasteiger partial charge in [0.1, 0.15) is 5.70 Å². The Morgan fingerprint density at radius 3 is 2.38 bits per heavy atom. The molecule has 5 amide bonds. The lowest BCUT2D eigenvalue weighted by Gasteiger charge is -2.16. The molecule has 2 saturated heterocycles. The number of likely N-dealkylation sites (N-methyl/N-ethyl adjacent to an activating group) is 1. The Hall–Kier alpha value is -5.78. The fourth-order valence-electron chi connectivity index (χ4n) is 5.68. The van der Waals surface area contributed by atoms with Crippen LogP contribution in [0.4, 0.5) is 21.9 Å². The number of carbonyl (C=O) groups excluding carboxylic acids is 4. The van der Waals surface area contributed by atoms with Crippen molar-refractivity contribution >= 4 is 58.2 Å². The summed E-state index contributed by atoms with van der Waals surface area (Å²) in [5.74, 6) is -0.669. The van der Waals surface area contributed by atoms with Crippen molar-refractivity contribution < 1.29 is 24.1 Å². The van der Waals surface area contributed by atoms with Crippen molar-refractivity contribution in [3.8, 4) is 0 Å². The molecule has 3 N–H and O–H groups in total. The molecule has 45 heavy (non-hydrogen) atoms. The highest BCUT2D eigenvalue weighted by atomic mass is 16.6. The van der Waals surface area contributed by atoms with Crippen LogP contribution in [0.15, 0.2) is 72.4 Å². The molecule has 0 radical (unpaired) electrons. The van der Waals surface area contributed by atoms with Crippen molar-refractivity contribution in [3.63, 3.8) is 0 Å². The average Bonchev–Trinajstić information content (AvgIpc) is 3.66. The minimum absolute atomic E-state index is 0.134. The summed E-state index contributed by atoms with van der Waals surface area (Å²) in [7, 11) is 1.51. The van der Waals surface area contributed by atoms with E-state index in [1.54, 1.807) is 30.3 Å². The van der Waals surface area contributed by atoms with Crippen molar-refractivity contribution in [1.29, 1.82) is 0 Å². The number of fused-ring (bicyclic) bond motifs is 1. The maximum atomic E-state index is 13.3. The summed E-state index contributed by atoms with van der Waals surface area (Å²) in [6, 6.07) is 18.6. The van der Waals surface area contributed by atoms with Crippen LogP contribution >= 0.6 is 0 Å². The van der Waals surface area contributed by atoms with E-state index >= 15 is 0 Å². The molecule has 0 saturated carbocycles. The summed E-state index contributed by atoms with van der Waals surface area (Å²) in [6.45, 7) is 1.53. The van der Waals surface area contributed by atoms with Gasteiger partial charge in [-0.3, -0.25) is 34.7 Å². The predicted octanol–water partition coefficient (Wildman–Crippen LogP) is 4.60. The lowest BCUT2D eigenvalue weighted by atomic mass is 9.98.